The number of nitrogens with one attached hydrogen (secondary N) is 1. The van der Waals surface area contributed by atoms with E-state index in [2.05, 4.69) is 27.2 Å². The SMILES string of the molecule is C=CCn1c(S[C@@H](C)C(=O)Nc2ccnn2C(C)C)nnc1-c1ccccc1OC. The Kier molecular flexibility index (Phi) is 6.94. The number of methoxy groups -OCH3 is 1. The largest absolute Gasteiger partial charge is 0.496 e. The van der Waals surface area contributed by atoms with Crippen LogP contribution < -0.4 is 10.1 Å². The van der Waals surface area contributed by atoms with Gasteiger partial charge in [-0.3, -0.25) is 9.36 Å². The summed E-state index contributed by atoms with van der Waals surface area (Å²) < 4.78 is 9.17. The zero-order valence-electron chi connectivity index (χ0n) is 17.6. The topological polar surface area (TPSA) is 86.9 Å². The molecule has 1 atom stereocenters. The van der Waals surface area contributed by atoms with Crippen molar-refractivity contribution in [3.05, 3.63) is 49.2 Å². The molecule has 0 unspecified atom stereocenters. The van der Waals surface area contributed by atoms with Gasteiger partial charge in [-0.25, -0.2) is 4.68 Å². The summed E-state index contributed by atoms with van der Waals surface area (Å²) in [6.07, 6.45) is 3.45. The highest BCUT2D eigenvalue weighted by Crippen LogP contribution is 2.32. The molecule has 1 N–H and O–H groups in total. The number of rotatable bonds is 9. The predicted molar refractivity (Wildman–Crippen MR) is 119 cm³/mol. The quantitative estimate of drug-likeness (QED) is 0.410. The van der Waals surface area contributed by atoms with E-state index in [1.165, 1.54) is 11.8 Å². The van der Waals surface area contributed by atoms with Crippen LogP contribution in [0.5, 0.6) is 5.75 Å². The molecule has 1 aromatic carbocycles. The Morgan fingerprint density at radius 2 is 2.03 bits per heavy atom. The maximum Gasteiger partial charge on any atom is 0.238 e. The molecule has 1 amide bonds. The predicted octanol–water partition coefficient (Wildman–Crippen LogP) is 4.04. The van der Waals surface area contributed by atoms with Gasteiger partial charge in [0, 0.05) is 18.7 Å². The minimum Gasteiger partial charge on any atom is -0.496 e. The summed E-state index contributed by atoms with van der Waals surface area (Å²) in [5, 5.41) is 16.1. The fraction of sp³-hybridized carbons (Fsp3) is 0.333. The van der Waals surface area contributed by atoms with Crippen molar-refractivity contribution in [2.45, 2.75) is 43.8 Å². The molecule has 0 bridgehead atoms. The average Bonchev–Trinajstić information content (AvgIpc) is 3.35. The Morgan fingerprint density at radius 3 is 2.73 bits per heavy atom. The molecule has 0 aliphatic rings. The third-order valence-electron chi connectivity index (χ3n) is 4.44. The standard InChI is InChI=1S/C21H26N6O2S/c1-6-13-26-19(16-9-7-8-10-17(16)29-5)24-25-21(26)30-15(4)20(28)23-18-11-12-22-27(18)14(2)3/h6-12,14-15H,1,13H2,2-5H3,(H,23,28)/t15-/m0/s1. The Morgan fingerprint density at radius 1 is 1.27 bits per heavy atom. The number of thioether (sulfide) groups is 1. The molecule has 3 aromatic rings. The molecule has 0 spiro atoms. The first-order chi connectivity index (χ1) is 14.5. The van der Waals surface area contributed by atoms with Crippen molar-refractivity contribution in [3.63, 3.8) is 0 Å². The molecule has 8 nitrogen and oxygen atoms in total. The van der Waals surface area contributed by atoms with Crippen LogP contribution in [0.15, 0.2) is 54.3 Å². The summed E-state index contributed by atoms with van der Waals surface area (Å²) in [5.41, 5.74) is 0.833. The first-order valence-corrected chi connectivity index (χ1v) is 10.5. The van der Waals surface area contributed by atoms with Crippen LogP contribution in [0.3, 0.4) is 0 Å². The van der Waals surface area contributed by atoms with Crippen LogP contribution in [0.1, 0.15) is 26.8 Å². The van der Waals surface area contributed by atoms with Crippen molar-refractivity contribution in [2.75, 3.05) is 12.4 Å². The Bertz CT molecular complexity index is 1030. The van der Waals surface area contributed by atoms with E-state index in [1.807, 2.05) is 49.6 Å². The van der Waals surface area contributed by atoms with E-state index in [-0.39, 0.29) is 11.9 Å². The molecule has 2 aromatic heterocycles. The van der Waals surface area contributed by atoms with Gasteiger partial charge in [-0.1, -0.05) is 30.0 Å². The lowest BCUT2D eigenvalue weighted by molar-refractivity contribution is -0.115. The van der Waals surface area contributed by atoms with E-state index in [0.717, 1.165) is 5.56 Å². The number of hydrogen-bond acceptors (Lipinski definition) is 6. The van der Waals surface area contributed by atoms with Gasteiger partial charge >= 0.3 is 0 Å². The Labute approximate surface area is 180 Å². The highest BCUT2D eigenvalue weighted by molar-refractivity contribution is 8.00. The van der Waals surface area contributed by atoms with Gasteiger partial charge in [-0.05, 0) is 32.9 Å². The number of amides is 1. The lowest BCUT2D eigenvalue weighted by atomic mass is 10.2. The number of nitrogens with zero attached hydrogens (tertiary/aromatic N) is 5. The van der Waals surface area contributed by atoms with Gasteiger partial charge in [0.05, 0.1) is 24.1 Å². The zero-order chi connectivity index (χ0) is 21.7. The number of hydrogen-bond donors (Lipinski definition) is 1. The first kappa shape index (κ1) is 21.6. The summed E-state index contributed by atoms with van der Waals surface area (Å²) >= 11 is 1.34. The van der Waals surface area contributed by atoms with Gasteiger partial charge in [0.2, 0.25) is 5.91 Å². The van der Waals surface area contributed by atoms with Crippen molar-refractivity contribution in [3.8, 4) is 17.1 Å². The second kappa shape index (κ2) is 9.62. The summed E-state index contributed by atoms with van der Waals surface area (Å²) in [4.78, 5) is 12.8. The summed E-state index contributed by atoms with van der Waals surface area (Å²) in [5.74, 6) is 1.92. The van der Waals surface area contributed by atoms with E-state index in [0.29, 0.717) is 29.1 Å². The lowest BCUT2D eigenvalue weighted by Gasteiger charge is -2.15. The van der Waals surface area contributed by atoms with Crippen LogP contribution in [0.25, 0.3) is 11.4 Å². The summed E-state index contributed by atoms with van der Waals surface area (Å²) in [6.45, 7) is 10.2. The van der Waals surface area contributed by atoms with E-state index in [1.54, 1.807) is 30.1 Å². The van der Waals surface area contributed by atoms with E-state index >= 15 is 0 Å². The molecule has 3 rings (SSSR count). The summed E-state index contributed by atoms with van der Waals surface area (Å²) in [7, 11) is 1.62. The van der Waals surface area contributed by atoms with Gasteiger partial charge in [0.1, 0.15) is 11.6 Å². The van der Waals surface area contributed by atoms with Crippen LogP contribution >= 0.6 is 11.8 Å². The highest BCUT2D eigenvalue weighted by Gasteiger charge is 2.22. The van der Waals surface area contributed by atoms with Crippen LogP contribution in [-0.2, 0) is 11.3 Å². The van der Waals surface area contributed by atoms with Crippen LogP contribution in [-0.4, -0.2) is 42.8 Å². The molecule has 9 heteroatoms. The fourth-order valence-corrected chi connectivity index (χ4v) is 3.82. The molecule has 0 aliphatic heterocycles. The highest BCUT2D eigenvalue weighted by atomic mass is 32.2. The van der Waals surface area contributed by atoms with Gasteiger partial charge < -0.3 is 10.1 Å². The van der Waals surface area contributed by atoms with Gasteiger partial charge in [0.25, 0.3) is 0 Å². The third kappa shape index (κ3) is 4.56. The zero-order valence-corrected chi connectivity index (χ0v) is 18.4. The molecule has 158 valence electrons. The van der Waals surface area contributed by atoms with E-state index in [9.17, 15) is 4.79 Å². The minimum atomic E-state index is -0.390. The maximum atomic E-state index is 12.8. The monoisotopic (exact) mass is 426 g/mol. The van der Waals surface area contributed by atoms with Crippen LogP contribution in [0.4, 0.5) is 5.82 Å². The molecular weight excluding hydrogens is 400 g/mol. The number of allylic oxidation sites excluding steroid dienone is 1. The van der Waals surface area contributed by atoms with Crippen molar-refractivity contribution in [1.29, 1.82) is 0 Å². The van der Waals surface area contributed by atoms with Gasteiger partial charge in [-0.2, -0.15) is 5.10 Å². The first-order valence-electron chi connectivity index (χ1n) is 9.64. The number of anilines is 1. The van der Waals surface area contributed by atoms with Crippen LogP contribution in [0.2, 0.25) is 0 Å². The van der Waals surface area contributed by atoms with Crippen molar-refractivity contribution >= 4 is 23.5 Å². The maximum absolute atomic E-state index is 12.8. The van der Waals surface area contributed by atoms with Crippen molar-refractivity contribution in [2.24, 2.45) is 0 Å². The molecule has 0 saturated carbocycles. The fourth-order valence-electron chi connectivity index (χ4n) is 2.96. The molecule has 0 aliphatic carbocycles. The molecule has 30 heavy (non-hydrogen) atoms. The Hall–Kier alpha value is -3.07. The molecule has 2 heterocycles. The van der Waals surface area contributed by atoms with Crippen molar-refractivity contribution in [1.82, 2.24) is 24.5 Å². The molecule has 0 radical (unpaired) electrons. The Balaban J connectivity index is 1.82. The number of ether oxygens (including phenoxy) is 1. The smallest absolute Gasteiger partial charge is 0.238 e. The number of carbonyl (C=O) groups is 1. The number of para-hydroxylation sites is 1. The molecular formula is C21H26N6O2S. The normalized spacial score (nSPS) is 12.0. The van der Waals surface area contributed by atoms with Crippen LogP contribution in [0, 0.1) is 0 Å². The minimum absolute atomic E-state index is 0.130. The van der Waals surface area contributed by atoms with E-state index in [4.69, 9.17) is 4.74 Å². The number of carbonyl (C=O) groups excluding carboxylic acids is 1. The van der Waals surface area contributed by atoms with E-state index < -0.39 is 5.25 Å². The lowest BCUT2D eigenvalue weighted by Crippen LogP contribution is -2.25. The van der Waals surface area contributed by atoms with Gasteiger partial charge in [-0.15, -0.1) is 16.8 Å². The second-order valence-corrected chi connectivity index (χ2v) is 8.22. The summed E-state index contributed by atoms with van der Waals surface area (Å²) in [6, 6.07) is 9.57. The third-order valence-corrected chi connectivity index (χ3v) is 5.52. The molecule has 0 saturated heterocycles. The van der Waals surface area contributed by atoms with Crippen molar-refractivity contribution < 1.29 is 9.53 Å². The number of benzene rings is 1. The molecule has 0 fully saturated rings. The number of aromatic nitrogens is 5. The van der Waals surface area contributed by atoms with Gasteiger partial charge in [0.15, 0.2) is 11.0 Å². The second-order valence-electron chi connectivity index (χ2n) is 6.91. The average molecular weight is 427 g/mol.